The molecule has 41 heavy (non-hydrogen) atoms. The number of nitrogens with one attached hydrogen (secondary N) is 2. The summed E-state index contributed by atoms with van der Waals surface area (Å²) in [7, 11) is 0. The summed E-state index contributed by atoms with van der Waals surface area (Å²) in [5, 5.41) is 4.36. The van der Waals surface area contributed by atoms with Gasteiger partial charge in [-0.05, 0) is 41.5 Å². The fourth-order valence-corrected chi connectivity index (χ4v) is 4.60. The second-order valence-corrected chi connectivity index (χ2v) is 10.1. The van der Waals surface area contributed by atoms with Crippen molar-refractivity contribution >= 4 is 63.1 Å². The zero-order valence-corrected chi connectivity index (χ0v) is 23.1. The first-order chi connectivity index (χ1) is 19.0. The summed E-state index contributed by atoms with van der Waals surface area (Å²) in [5.74, 6) is -5.52. The first kappa shape index (κ1) is 32.7. The maximum atomic E-state index is 15.5. The summed E-state index contributed by atoms with van der Waals surface area (Å²) in [6.07, 6.45) is -11.9. The highest BCUT2D eigenvalue weighted by molar-refractivity contribution is 6.48. The topological polar surface area (TPSA) is 58.2 Å². The van der Waals surface area contributed by atoms with Gasteiger partial charge in [0, 0.05) is 11.1 Å². The average molecular weight is 644 g/mol. The summed E-state index contributed by atoms with van der Waals surface area (Å²) >= 11 is 17.6. The maximum Gasteiger partial charge on any atom is 0.399 e. The fraction of sp³-hybridized carbons (Fsp3) is 0.259. The molecule has 0 fully saturated rings. The van der Waals surface area contributed by atoms with Crippen LogP contribution >= 0.6 is 34.8 Å². The van der Waals surface area contributed by atoms with Crippen molar-refractivity contribution in [3.05, 3.63) is 86.4 Å². The molecule has 3 rings (SSSR count). The number of carbonyl (C=O) groups is 2. The summed E-state index contributed by atoms with van der Waals surface area (Å²) in [6, 6.07) is 10.2. The number of ketones is 1. The van der Waals surface area contributed by atoms with E-state index in [4.69, 9.17) is 34.8 Å². The van der Waals surface area contributed by atoms with Gasteiger partial charge in [0.2, 0.25) is 5.91 Å². The zero-order valence-electron chi connectivity index (χ0n) is 20.9. The molecule has 14 heteroatoms. The zero-order chi connectivity index (χ0) is 30.7. The first-order valence-electron chi connectivity index (χ1n) is 11.7. The van der Waals surface area contributed by atoms with E-state index in [1.54, 1.807) is 0 Å². The van der Waals surface area contributed by atoms with Crippen molar-refractivity contribution < 1.29 is 40.3 Å². The average Bonchev–Trinajstić information content (AvgIpc) is 2.86. The molecule has 2 atom stereocenters. The Morgan fingerprint density at radius 2 is 1.44 bits per heavy atom. The molecule has 3 aromatic carbocycles. The van der Waals surface area contributed by atoms with Crippen LogP contribution in [0.3, 0.4) is 0 Å². The minimum Gasteiger partial charge on any atom is -0.341 e. The smallest absolute Gasteiger partial charge is 0.341 e. The van der Waals surface area contributed by atoms with Crippen LogP contribution in [0.4, 0.5) is 30.7 Å². The van der Waals surface area contributed by atoms with Crippen LogP contribution < -0.4 is 10.6 Å². The van der Waals surface area contributed by atoms with Crippen molar-refractivity contribution in [2.75, 3.05) is 6.54 Å². The number of alkyl halides is 6. The molecule has 3 aromatic rings. The molecule has 0 aliphatic rings. The Labute approximate surface area is 244 Å². The largest absolute Gasteiger partial charge is 0.399 e. The fourth-order valence-electron chi connectivity index (χ4n) is 3.99. The molecule has 220 valence electrons. The molecule has 0 bridgehead atoms. The molecule has 0 heterocycles. The third-order valence-electron chi connectivity index (χ3n) is 5.82. The highest BCUT2D eigenvalue weighted by atomic mass is 35.5. The highest BCUT2D eigenvalue weighted by Crippen LogP contribution is 2.42. The Morgan fingerprint density at radius 1 is 0.902 bits per heavy atom. The molecule has 0 saturated carbocycles. The third-order valence-corrected chi connectivity index (χ3v) is 7.02. The van der Waals surface area contributed by atoms with Gasteiger partial charge in [0.15, 0.2) is 5.78 Å². The van der Waals surface area contributed by atoms with E-state index in [-0.39, 0.29) is 37.0 Å². The van der Waals surface area contributed by atoms with Crippen LogP contribution in [-0.4, -0.2) is 36.8 Å². The predicted molar refractivity (Wildman–Crippen MR) is 144 cm³/mol. The standard InChI is InChI=1S/C27H20Cl3F7N2O2/c1-13(39-24(41)11-26(32,33)34)38-12-23(40)18-7-6-17(15-4-2-3-5-16(15)18)22(31)10-19(27(35,36)37)14-8-20(28)25(30)21(29)9-14/h2-10,13,19,38H,11-12H2,1H3,(H,39,41)/b22-10-/t13-,19?/m0/s1. The number of carbonyl (C=O) groups excluding carboxylic acids is 2. The molecule has 0 aliphatic carbocycles. The lowest BCUT2D eigenvalue weighted by Gasteiger charge is -2.19. The van der Waals surface area contributed by atoms with Gasteiger partial charge in [-0.2, -0.15) is 26.3 Å². The number of rotatable bonds is 9. The van der Waals surface area contributed by atoms with Gasteiger partial charge in [-0.1, -0.05) is 71.2 Å². The molecule has 1 amide bonds. The van der Waals surface area contributed by atoms with Gasteiger partial charge in [-0.15, -0.1) is 0 Å². The number of Topliss-reactive ketones (excluding diaryl/α,β-unsaturated/α-hetero) is 1. The Hall–Kier alpha value is -2.86. The van der Waals surface area contributed by atoms with Crippen LogP contribution in [0.5, 0.6) is 0 Å². The number of benzene rings is 3. The minimum atomic E-state index is -4.93. The highest BCUT2D eigenvalue weighted by Gasteiger charge is 2.40. The summed E-state index contributed by atoms with van der Waals surface area (Å²) in [5.41, 5.74) is -0.592. The van der Waals surface area contributed by atoms with E-state index in [9.17, 15) is 35.9 Å². The SMILES string of the molecule is C[C@@H](NCC(=O)c1ccc(/C(F)=C/C(c2cc(Cl)c(Cl)c(Cl)c2)C(F)(F)F)c2ccccc12)NC(=O)CC(F)(F)F. The van der Waals surface area contributed by atoms with Crippen molar-refractivity contribution in [1.29, 1.82) is 0 Å². The van der Waals surface area contributed by atoms with E-state index in [2.05, 4.69) is 10.6 Å². The van der Waals surface area contributed by atoms with Gasteiger partial charge in [0.1, 0.15) is 18.2 Å². The Kier molecular flexibility index (Phi) is 10.3. The van der Waals surface area contributed by atoms with Crippen molar-refractivity contribution in [3.63, 3.8) is 0 Å². The van der Waals surface area contributed by atoms with E-state index in [0.29, 0.717) is 6.08 Å². The second kappa shape index (κ2) is 13.0. The number of amides is 1. The summed E-state index contributed by atoms with van der Waals surface area (Å²) < 4.78 is 94.5. The number of halogens is 10. The lowest BCUT2D eigenvalue weighted by atomic mass is 9.93. The van der Waals surface area contributed by atoms with Crippen LogP contribution in [0.25, 0.3) is 16.6 Å². The molecular formula is C27H20Cl3F7N2O2. The molecule has 0 radical (unpaired) electrons. The summed E-state index contributed by atoms with van der Waals surface area (Å²) in [4.78, 5) is 24.3. The van der Waals surface area contributed by atoms with Crippen molar-refractivity contribution in [3.8, 4) is 0 Å². The van der Waals surface area contributed by atoms with Crippen LogP contribution in [0.1, 0.15) is 40.7 Å². The Morgan fingerprint density at radius 3 is 1.98 bits per heavy atom. The lowest BCUT2D eigenvalue weighted by Crippen LogP contribution is -2.46. The van der Waals surface area contributed by atoms with Gasteiger partial charge in [0.25, 0.3) is 0 Å². The predicted octanol–water partition coefficient (Wildman–Crippen LogP) is 8.64. The van der Waals surface area contributed by atoms with Crippen LogP contribution in [0.15, 0.2) is 54.6 Å². The quantitative estimate of drug-likeness (QED) is 0.106. The van der Waals surface area contributed by atoms with E-state index in [1.807, 2.05) is 0 Å². The van der Waals surface area contributed by atoms with Gasteiger partial charge >= 0.3 is 12.4 Å². The number of fused-ring (bicyclic) bond motifs is 1. The van der Waals surface area contributed by atoms with Crippen LogP contribution in [0, 0.1) is 0 Å². The molecule has 0 spiro atoms. The molecule has 0 saturated heterocycles. The van der Waals surface area contributed by atoms with Gasteiger partial charge in [0.05, 0.1) is 27.8 Å². The minimum absolute atomic E-state index is 0.0714. The molecule has 0 aromatic heterocycles. The first-order valence-corrected chi connectivity index (χ1v) is 12.8. The normalized spacial score (nSPS) is 14.2. The van der Waals surface area contributed by atoms with Crippen LogP contribution in [-0.2, 0) is 4.79 Å². The van der Waals surface area contributed by atoms with Crippen molar-refractivity contribution in [2.24, 2.45) is 0 Å². The number of hydrogen-bond acceptors (Lipinski definition) is 3. The molecular weight excluding hydrogens is 624 g/mol. The van der Waals surface area contributed by atoms with Crippen LogP contribution in [0.2, 0.25) is 15.1 Å². The monoisotopic (exact) mass is 642 g/mol. The molecule has 1 unspecified atom stereocenters. The molecule has 2 N–H and O–H groups in total. The Bertz CT molecular complexity index is 1470. The molecule has 0 aliphatic heterocycles. The van der Waals surface area contributed by atoms with E-state index >= 15 is 4.39 Å². The molecule has 4 nitrogen and oxygen atoms in total. The third kappa shape index (κ3) is 8.57. The maximum absolute atomic E-state index is 15.5. The number of allylic oxidation sites excluding steroid dienone is 1. The number of hydrogen-bond donors (Lipinski definition) is 2. The van der Waals surface area contributed by atoms with Gasteiger partial charge in [-0.25, -0.2) is 4.39 Å². The van der Waals surface area contributed by atoms with Gasteiger partial charge < -0.3 is 5.32 Å². The second-order valence-electron chi connectivity index (χ2n) is 8.92. The summed E-state index contributed by atoms with van der Waals surface area (Å²) in [6.45, 7) is 0.921. The van der Waals surface area contributed by atoms with Gasteiger partial charge in [-0.3, -0.25) is 14.9 Å². The Balaban J connectivity index is 1.90. The lowest BCUT2D eigenvalue weighted by molar-refractivity contribution is -0.154. The van der Waals surface area contributed by atoms with E-state index < -0.39 is 60.5 Å². The van der Waals surface area contributed by atoms with Crippen molar-refractivity contribution in [1.82, 2.24) is 10.6 Å². The van der Waals surface area contributed by atoms with Crippen molar-refractivity contribution in [2.45, 2.75) is 37.8 Å². The van der Waals surface area contributed by atoms with E-state index in [1.165, 1.54) is 37.3 Å². The van der Waals surface area contributed by atoms with E-state index in [0.717, 1.165) is 18.2 Å².